The van der Waals surface area contributed by atoms with Crippen LogP contribution in [-0.4, -0.2) is 51.5 Å². The third-order valence-corrected chi connectivity index (χ3v) is 7.72. The minimum Gasteiger partial charge on any atom is -0.379 e. The highest BCUT2D eigenvalue weighted by molar-refractivity contribution is 7.89. The van der Waals surface area contributed by atoms with Gasteiger partial charge in [-0.05, 0) is 47.9 Å². The second-order valence-corrected chi connectivity index (χ2v) is 10.1. The lowest BCUT2D eigenvalue weighted by Crippen LogP contribution is -2.40. The van der Waals surface area contributed by atoms with E-state index < -0.39 is 10.0 Å². The van der Waals surface area contributed by atoms with Crippen LogP contribution in [0.1, 0.15) is 18.5 Å². The average molecular weight is 480 g/mol. The quantitative estimate of drug-likeness (QED) is 0.515. The van der Waals surface area contributed by atoms with Gasteiger partial charge >= 0.3 is 0 Å². The van der Waals surface area contributed by atoms with E-state index in [1.807, 2.05) is 37.3 Å². The predicted molar refractivity (Wildman–Crippen MR) is 133 cm³/mol. The molecule has 3 aromatic carbocycles. The van der Waals surface area contributed by atoms with Crippen LogP contribution in [-0.2, 0) is 19.6 Å². The number of nitrogens with one attached hydrogen (secondary N) is 2. The molecule has 1 atom stereocenters. The number of ether oxygens (including phenoxy) is 1. The molecule has 178 valence electrons. The molecular formula is C26H29N3O4S. The van der Waals surface area contributed by atoms with Gasteiger partial charge in [-0.25, -0.2) is 8.42 Å². The topological polar surface area (TPSA) is 87.7 Å². The van der Waals surface area contributed by atoms with Crippen molar-refractivity contribution in [2.75, 3.05) is 38.2 Å². The second-order valence-electron chi connectivity index (χ2n) is 8.17. The summed E-state index contributed by atoms with van der Waals surface area (Å²) in [4.78, 5) is 12.7. The monoisotopic (exact) mass is 479 g/mol. The molecule has 8 heteroatoms. The van der Waals surface area contributed by atoms with Gasteiger partial charge in [0.15, 0.2) is 0 Å². The lowest BCUT2D eigenvalue weighted by atomic mass is 10.0. The molecule has 0 bridgehead atoms. The highest BCUT2D eigenvalue weighted by Gasteiger charge is 2.26. The van der Waals surface area contributed by atoms with Crippen LogP contribution in [0.4, 0.5) is 5.69 Å². The van der Waals surface area contributed by atoms with Crippen molar-refractivity contribution < 1.29 is 17.9 Å². The zero-order valence-electron chi connectivity index (χ0n) is 19.1. The Kier molecular flexibility index (Phi) is 7.62. The molecule has 7 nitrogen and oxygen atoms in total. The number of sulfonamides is 1. The summed E-state index contributed by atoms with van der Waals surface area (Å²) >= 11 is 0. The molecule has 0 radical (unpaired) electrons. The van der Waals surface area contributed by atoms with Crippen molar-refractivity contribution in [2.45, 2.75) is 17.9 Å². The molecule has 2 N–H and O–H groups in total. The lowest BCUT2D eigenvalue weighted by molar-refractivity contribution is -0.120. The van der Waals surface area contributed by atoms with Crippen molar-refractivity contribution in [3.05, 3.63) is 84.4 Å². The Hall–Kier alpha value is -3.20. The molecule has 0 spiro atoms. The number of carbonyl (C=O) groups is 1. The van der Waals surface area contributed by atoms with Crippen LogP contribution < -0.4 is 10.6 Å². The fraction of sp³-hybridized carbons (Fsp3) is 0.269. The molecule has 1 saturated heterocycles. The van der Waals surface area contributed by atoms with Gasteiger partial charge in [-0.2, -0.15) is 4.31 Å². The molecule has 1 amide bonds. The SMILES string of the molecule is C[C@@H](NC(=O)CNc1ccc(S(=O)(=O)N2CCOCC2)cc1)c1ccc(-c2ccccc2)cc1. The Bertz CT molecular complexity index is 1190. The number of hydrogen-bond donors (Lipinski definition) is 2. The molecule has 0 saturated carbocycles. The molecule has 1 aliphatic rings. The van der Waals surface area contributed by atoms with Gasteiger partial charge in [-0.15, -0.1) is 0 Å². The third-order valence-electron chi connectivity index (χ3n) is 5.81. The summed E-state index contributed by atoms with van der Waals surface area (Å²) in [5, 5.41) is 6.04. The molecule has 0 aromatic heterocycles. The van der Waals surface area contributed by atoms with E-state index in [1.54, 1.807) is 24.3 Å². The van der Waals surface area contributed by atoms with E-state index in [2.05, 4.69) is 34.9 Å². The first kappa shape index (κ1) is 23.9. The average Bonchev–Trinajstić information content (AvgIpc) is 2.89. The zero-order valence-corrected chi connectivity index (χ0v) is 19.9. The van der Waals surface area contributed by atoms with Crippen molar-refractivity contribution in [3.63, 3.8) is 0 Å². The molecule has 0 aliphatic carbocycles. The number of nitrogens with zero attached hydrogens (tertiary/aromatic N) is 1. The van der Waals surface area contributed by atoms with Crippen molar-refractivity contribution in [2.24, 2.45) is 0 Å². The highest BCUT2D eigenvalue weighted by atomic mass is 32.2. The first-order chi connectivity index (χ1) is 16.4. The Morgan fingerprint density at radius 3 is 2.18 bits per heavy atom. The van der Waals surface area contributed by atoms with Gasteiger partial charge in [0.1, 0.15) is 0 Å². The molecule has 1 aliphatic heterocycles. The number of rotatable bonds is 8. The third kappa shape index (κ3) is 5.83. The normalized spacial score (nSPS) is 15.4. The smallest absolute Gasteiger partial charge is 0.243 e. The van der Waals surface area contributed by atoms with E-state index in [0.717, 1.165) is 16.7 Å². The minimum absolute atomic E-state index is 0.0853. The van der Waals surface area contributed by atoms with E-state index in [9.17, 15) is 13.2 Å². The number of hydrogen-bond acceptors (Lipinski definition) is 5. The van der Waals surface area contributed by atoms with Crippen LogP contribution in [0.5, 0.6) is 0 Å². The van der Waals surface area contributed by atoms with Crippen molar-refractivity contribution in [1.82, 2.24) is 9.62 Å². The van der Waals surface area contributed by atoms with Crippen LogP contribution in [0, 0.1) is 0 Å². The molecule has 4 rings (SSSR count). The Balaban J connectivity index is 1.29. The largest absolute Gasteiger partial charge is 0.379 e. The Morgan fingerprint density at radius 1 is 0.912 bits per heavy atom. The van der Waals surface area contributed by atoms with Gasteiger partial charge in [-0.3, -0.25) is 4.79 Å². The molecule has 1 heterocycles. The summed E-state index contributed by atoms with van der Waals surface area (Å²) in [7, 11) is -3.53. The van der Waals surface area contributed by atoms with E-state index in [4.69, 9.17) is 4.74 Å². The maximum Gasteiger partial charge on any atom is 0.243 e. The maximum absolute atomic E-state index is 12.7. The molecule has 3 aromatic rings. The summed E-state index contributed by atoms with van der Waals surface area (Å²) in [5.74, 6) is -0.148. The number of benzene rings is 3. The van der Waals surface area contributed by atoms with Crippen LogP contribution in [0.3, 0.4) is 0 Å². The first-order valence-electron chi connectivity index (χ1n) is 11.3. The van der Waals surface area contributed by atoms with E-state index in [-0.39, 0.29) is 23.4 Å². The van der Waals surface area contributed by atoms with Gasteiger partial charge in [0.25, 0.3) is 0 Å². The highest BCUT2D eigenvalue weighted by Crippen LogP contribution is 2.22. The number of carbonyl (C=O) groups excluding carboxylic acids is 1. The maximum atomic E-state index is 12.7. The second kappa shape index (κ2) is 10.8. The van der Waals surface area contributed by atoms with Crippen molar-refractivity contribution >= 4 is 21.6 Å². The summed E-state index contributed by atoms with van der Waals surface area (Å²) in [6.45, 7) is 3.56. The van der Waals surface area contributed by atoms with Crippen LogP contribution in [0.15, 0.2) is 83.8 Å². The van der Waals surface area contributed by atoms with Gasteiger partial charge in [-0.1, -0.05) is 54.6 Å². The molecule has 34 heavy (non-hydrogen) atoms. The summed E-state index contributed by atoms with van der Waals surface area (Å²) in [5.41, 5.74) is 3.98. The Labute approximate surface area is 200 Å². The van der Waals surface area contributed by atoms with Crippen LogP contribution in [0.25, 0.3) is 11.1 Å². The fourth-order valence-corrected chi connectivity index (χ4v) is 5.24. The van der Waals surface area contributed by atoms with Gasteiger partial charge in [0.05, 0.1) is 30.7 Å². The number of anilines is 1. The summed E-state index contributed by atoms with van der Waals surface area (Å²) in [6.07, 6.45) is 0. The first-order valence-corrected chi connectivity index (χ1v) is 12.7. The standard InChI is InChI=1S/C26H29N3O4S/c1-20(21-7-9-23(10-8-21)22-5-3-2-4-6-22)28-26(30)19-27-24-11-13-25(14-12-24)34(31,32)29-15-17-33-18-16-29/h2-14,20,27H,15-19H2,1H3,(H,28,30)/t20-/m1/s1. The zero-order chi connectivity index (χ0) is 24.0. The van der Waals surface area contributed by atoms with Gasteiger partial charge in [0.2, 0.25) is 15.9 Å². The van der Waals surface area contributed by atoms with Crippen LogP contribution >= 0.6 is 0 Å². The number of amides is 1. The lowest BCUT2D eigenvalue weighted by Gasteiger charge is -2.26. The number of morpholine rings is 1. The summed E-state index contributed by atoms with van der Waals surface area (Å²) < 4.78 is 32.1. The van der Waals surface area contributed by atoms with Crippen molar-refractivity contribution in [3.8, 4) is 11.1 Å². The van der Waals surface area contributed by atoms with E-state index in [1.165, 1.54) is 4.31 Å². The Morgan fingerprint density at radius 2 is 1.53 bits per heavy atom. The summed E-state index contributed by atoms with van der Waals surface area (Å²) in [6, 6.07) is 24.6. The molecule has 0 unspecified atom stereocenters. The van der Waals surface area contributed by atoms with Crippen molar-refractivity contribution in [1.29, 1.82) is 0 Å². The van der Waals surface area contributed by atoms with Gasteiger partial charge < -0.3 is 15.4 Å². The van der Waals surface area contributed by atoms with E-state index >= 15 is 0 Å². The van der Waals surface area contributed by atoms with E-state index in [0.29, 0.717) is 32.0 Å². The van der Waals surface area contributed by atoms with Gasteiger partial charge in [0, 0.05) is 18.8 Å². The predicted octanol–water partition coefficient (Wildman–Crippen LogP) is 3.66. The molecular weight excluding hydrogens is 450 g/mol. The molecule has 1 fully saturated rings. The van der Waals surface area contributed by atoms with Crippen LogP contribution in [0.2, 0.25) is 0 Å². The minimum atomic E-state index is -3.53. The fourth-order valence-electron chi connectivity index (χ4n) is 3.83.